The number of amides is 1. The van der Waals surface area contributed by atoms with Crippen molar-refractivity contribution in [2.24, 2.45) is 0 Å². The molecule has 3 heteroatoms. The lowest BCUT2D eigenvalue weighted by molar-refractivity contribution is 0.164. The molecule has 1 heterocycles. The minimum atomic E-state index is -0.254. The second kappa shape index (κ2) is 7.35. The highest BCUT2D eigenvalue weighted by atomic mass is 16.6. The molecule has 0 N–H and O–H groups in total. The van der Waals surface area contributed by atoms with Crippen LogP contribution in [0.15, 0.2) is 60.4 Å². The third-order valence-electron chi connectivity index (χ3n) is 4.27. The molecule has 0 aliphatic carbocycles. The van der Waals surface area contributed by atoms with Crippen LogP contribution in [0.25, 0.3) is 6.08 Å². The van der Waals surface area contributed by atoms with Crippen LogP contribution in [0.5, 0.6) is 0 Å². The molecular weight excluding hydrogens is 298 g/mol. The number of carbonyl (C=O) groups is 1. The van der Waals surface area contributed by atoms with E-state index >= 15 is 0 Å². The van der Waals surface area contributed by atoms with Gasteiger partial charge in [0, 0.05) is 6.54 Å². The van der Waals surface area contributed by atoms with Crippen molar-refractivity contribution in [2.45, 2.75) is 32.7 Å². The summed E-state index contributed by atoms with van der Waals surface area (Å²) in [5, 5.41) is 0. The van der Waals surface area contributed by atoms with Crippen LogP contribution in [-0.4, -0.2) is 17.5 Å². The normalized spacial score (nSPS) is 18.9. The van der Waals surface area contributed by atoms with Crippen LogP contribution < -0.4 is 0 Å². The number of hydrogen-bond donors (Lipinski definition) is 0. The molecule has 2 aromatic rings. The van der Waals surface area contributed by atoms with Crippen LogP contribution in [0.4, 0.5) is 4.79 Å². The van der Waals surface area contributed by atoms with Crippen molar-refractivity contribution < 1.29 is 9.53 Å². The van der Waals surface area contributed by atoms with E-state index in [2.05, 4.69) is 38.1 Å². The molecule has 124 valence electrons. The molecule has 24 heavy (non-hydrogen) atoms. The molecule has 1 aliphatic rings. The fourth-order valence-electron chi connectivity index (χ4n) is 2.94. The third-order valence-corrected chi connectivity index (χ3v) is 4.27. The lowest BCUT2D eigenvalue weighted by Gasteiger charge is -2.22. The summed E-state index contributed by atoms with van der Waals surface area (Å²) in [5.41, 5.74) is 3.33. The summed E-state index contributed by atoms with van der Waals surface area (Å²) in [6.45, 7) is 4.90. The largest absolute Gasteiger partial charge is 0.415 e. The zero-order valence-electron chi connectivity index (χ0n) is 14.2. The first-order valence-corrected chi connectivity index (χ1v) is 8.50. The standard InChI is InChI=1S/C21H23NO2/c1-3-4-14-22-20(18-12-10-16(2)11-13-18)19(24-21(22)23)15-17-8-6-5-7-9-17/h5-13,15,20H,3-4,14H2,1-2H3/b19-15-. The van der Waals surface area contributed by atoms with Gasteiger partial charge in [0.15, 0.2) is 0 Å². The third kappa shape index (κ3) is 3.51. The summed E-state index contributed by atoms with van der Waals surface area (Å²) in [4.78, 5) is 14.2. The van der Waals surface area contributed by atoms with Crippen molar-refractivity contribution in [3.63, 3.8) is 0 Å². The van der Waals surface area contributed by atoms with Crippen molar-refractivity contribution in [3.8, 4) is 0 Å². The van der Waals surface area contributed by atoms with Crippen LogP contribution in [0.3, 0.4) is 0 Å². The lowest BCUT2D eigenvalue weighted by Crippen LogP contribution is -2.28. The van der Waals surface area contributed by atoms with Gasteiger partial charge < -0.3 is 4.74 Å². The van der Waals surface area contributed by atoms with Gasteiger partial charge in [-0.15, -0.1) is 0 Å². The highest BCUT2D eigenvalue weighted by Crippen LogP contribution is 2.37. The number of hydrogen-bond acceptors (Lipinski definition) is 2. The summed E-state index contributed by atoms with van der Waals surface area (Å²) < 4.78 is 5.62. The van der Waals surface area contributed by atoms with E-state index in [1.165, 1.54) is 5.56 Å². The number of ether oxygens (including phenoxy) is 1. The van der Waals surface area contributed by atoms with E-state index in [4.69, 9.17) is 4.74 Å². The number of benzene rings is 2. The first-order valence-electron chi connectivity index (χ1n) is 8.50. The van der Waals surface area contributed by atoms with E-state index in [0.29, 0.717) is 12.3 Å². The monoisotopic (exact) mass is 321 g/mol. The molecule has 0 aromatic heterocycles. The van der Waals surface area contributed by atoms with Gasteiger partial charge in [-0.1, -0.05) is 73.5 Å². The summed E-state index contributed by atoms with van der Waals surface area (Å²) in [7, 11) is 0. The van der Waals surface area contributed by atoms with Gasteiger partial charge in [-0.2, -0.15) is 0 Å². The fraction of sp³-hybridized carbons (Fsp3) is 0.286. The van der Waals surface area contributed by atoms with Crippen LogP contribution in [0.2, 0.25) is 0 Å². The second-order valence-electron chi connectivity index (χ2n) is 6.19. The molecule has 2 aromatic carbocycles. The molecule has 3 nitrogen and oxygen atoms in total. The smallest absolute Gasteiger partial charge is 0.412 e. The average Bonchev–Trinajstić information content (AvgIpc) is 2.90. The SMILES string of the molecule is CCCCN1C(=O)O/C(=C\c2ccccc2)C1c1ccc(C)cc1. The summed E-state index contributed by atoms with van der Waals surface area (Å²) in [5.74, 6) is 0.700. The first kappa shape index (κ1) is 16.3. The van der Waals surface area contributed by atoms with Crippen molar-refractivity contribution in [1.29, 1.82) is 0 Å². The number of unbranched alkanes of at least 4 members (excludes halogenated alkanes) is 1. The minimum absolute atomic E-state index is 0.148. The van der Waals surface area contributed by atoms with Crippen molar-refractivity contribution >= 4 is 12.2 Å². The van der Waals surface area contributed by atoms with Gasteiger partial charge in [0.1, 0.15) is 11.8 Å². The highest BCUT2D eigenvalue weighted by molar-refractivity contribution is 5.76. The van der Waals surface area contributed by atoms with Crippen molar-refractivity contribution in [1.82, 2.24) is 4.90 Å². The zero-order chi connectivity index (χ0) is 16.9. The van der Waals surface area contributed by atoms with E-state index in [9.17, 15) is 4.79 Å². The van der Waals surface area contributed by atoms with Gasteiger partial charge in [-0.3, -0.25) is 4.90 Å². The number of cyclic esters (lactones) is 1. The number of carbonyl (C=O) groups excluding carboxylic acids is 1. The topological polar surface area (TPSA) is 29.5 Å². The average molecular weight is 321 g/mol. The fourth-order valence-corrected chi connectivity index (χ4v) is 2.94. The molecular formula is C21H23NO2. The molecule has 1 unspecified atom stereocenters. The van der Waals surface area contributed by atoms with E-state index in [-0.39, 0.29) is 12.1 Å². The number of nitrogens with zero attached hydrogens (tertiary/aromatic N) is 1. The van der Waals surface area contributed by atoms with Crippen molar-refractivity contribution in [3.05, 3.63) is 77.0 Å². The van der Waals surface area contributed by atoms with E-state index in [1.807, 2.05) is 41.3 Å². The van der Waals surface area contributed by atoms with Gasteiger partial charge in [0.2, 0.25) is 0 Å². The molecule has 0 radical (unpaired) electrons. The van der Waals surface area contributed by atoms with E-state index in [1.54, 1.807) is 0 Å². The summed E-state index contributed by atoms with van der Waals surface area (Å²) >= 11 is 0. The Hall–Kier alpha value is -2.55. The van der Waals surface area contributed by atoms with Gasteiger partial charge in [0.25, 0.3) is 0 Å². The van der Waals surface area contributed by atoms with E-state index in [0.717, 1.165) is 24.0 Å². The predicted molar refractivity (Wildman–Crippen MR) is 96.4 cm³/mol. The van der Waals surface area contributed by atoms with Crippen molar-refractivity contribution in [2.75, 3.05) is 6.54 Å². The first-order chi connectivity index (χ1) is 11.7. The molecule has 0 saturated carbocycles. The van der Waals surface area contributed by atoms with Gasteiger partial charge >= 0.3 is 6.09 Å². The van der Waals surface area contributed by atoms with Crippen LogP contribution >= 0.6 is 0 Å². The Bertz CT molecular complexity index is 719. The molecule has 1 saturated heterocycles. The summed E-state index contributed by atoms with van der Waals surface area (Å²) in [6.07, 6.45) is 3.73. The second-order valence-corrected chi connectivity index (χ2v) is 6.19. The Balaban J connectivity index is 1.98. The number of rotatable bonds is 5. The maximum atomic E-state index is 12.4. The molecule has 0 bridgehead atoms. The predicted octanol–water partition coefficient (Wildman–Crippen LogP) is 5.33. The maximum Gasteiger partial charge on any atom is 0.415 e. The Morgan fingerprint density at radius 1 is 1.08 bits per heavy atom. The Kier molecular flexibility index (Phi) is 4.99. The molecule has 3 rings (SSSR count). The van der Waals surface area contributed by atoms with Gasteiger partial charge in [0.05, 0.1) is 0 Å². The Morgan fingerprint density at radius 2 is 1.79 bits per heavy atom. The van der Waals surface area contributed by atoms with Crippen LogP contribution in [-0.2, 0) is 4.74 Å². The lowest BCUT2D eigenvalue weighted by atomic mass is 10.0. The molecule has 0 spiro atoms. The zero-order valence-corrected chi connectivity index (χ0v) is 14.2. The molecule has 1 aliphatic heterocycles. The maximum absolute atomic E-state index is 12.4. The van der Waals surface area contributed by atoms with Crippen LogP contribution in [0, 0.1) is 6.92 Å². The summed E-state index contributed by atoms with van der Waals surface area (Å²) in [6, 6.07) is 18.2. The quantitative estimate of drug-likeness (QED) is 0.745. The van der Waals surface area contributed by atoms with E-state index < -0.39 is 0 Å². The molecule has 1 fully saturated rings. The van der Waals surface area contributed by atoms with Crippen LogP contribution in [0.1, 0.15) is 42.5 Å². The Morgan fingerprint density at radius 3 is 2.46 bits per heavy atom. The van der Waals surface area contributed by atoms with Gasteiger partial charge in [-0.25, -0.2) is 4.79 Å². The highest BCUT2D eigenvalue weighted by Gasteiger charge is 2.38. The van der Waals surface area contributed by atoms with Gasteiger partial charge in [-0.05, 0) is 30.5 Å². The number of aryl methyl sites for hydroxylation is 1. The molecule has 1 amide bonds. The Labute approximate surface area is 143 Å². The molecule has 1 atom stereocenters. The minimum Gasteiger partial charge on any atom is -0.412 e.